The average Bonchev–Trinajstić information content (AvgIpc) is 2.52. The van der Waals surface area contributed by atoms with Crippen molar-refractivity contribution in [1.82, 2.24) is 15.4 Å². The monoisotopic (exact) mass is 334 g/mol. The fraction of sp³-hybridized carbons (Fsp3) is 0.214. The van der Waals surface area contributed by atoms with Gasteiger partial charge in [-0.25, -0.2) is 14.4 Å². The molecule has 1 aromatic carbocycles. The fourth-order valence-electron chi connectivity index (χ4n) is 1.81. The molecular formula is C14H15FN6O3. The smallest absolute Gasteiger partial charge is 0.354 e. The van der Waals surface area contributed by atoms with Gasteiger partial charge in [-0.1, -0.05) is 0 Å². The van der Waals surface area contributed by atoms with Crippen molar-refractivity contribution in [3.05, 3.63) is 52.1 Å². The van der Waals surface area contributed by atoms with E-state index < -0.39 is 22.3 Å². The molecule has 0 fully saturated rings. The number of aromatic nitrogens is 2. The predicted octanol–water partition coefficient (Wildman–Crippen LogP) is 2.10. The van der Waals surface area contributed by atoms with Crippen molar-refractivity contribution in [2.45, 2.75) is 19.9 Å². The molecule has 2 rings (SSSR count). The molecule has 0 aliphatic rings. The Morgan fingerprint density at radius 2 is 1.83 bits per heavy atom. The molecule has 0 saturated carbocycles. The van der Waals surface area contributed by atoms with E-state index in [9.17, 15) is 19.3 Å². The van der Waals surface area contributed by atoms with Gasteiger partial charge in [-0.2, -0.15) is 0 Å². The number of amides is 1. The third-order valence-electron chi connectivity index (χ3n) is 2.83. The largest absolute Gasteiger partial charge is 0.362 e. The number of carbonyl (C=O) groups excluding carboxylic acids is 1. The molecule has 0 aliphatic carbocycles. The summed E-state index contributed by atoms with van der Waals surface area (Å²) in [6.45, 7) is 3.60. The van der Waals surface area contributed by atoms with Crippen LogP contribution in [-0.4, -0.2) is 26.8 Å². The molecule has 126 valence electrons. The number of nitro groups is 1. The fourth-order valence-corrected chi connectivity index (χ4v) is 1.81. The molecule has 1 heterocycles. The third kappa shape index (κ3) is 4.12. The second-order valence-corrected chi connectivity index (χ2v) is 5.06. The molecule has 24 heavy (non-hydrogen) atoms. The van der Waals surface area contributed by atoms with Gasteiger partial charge in [0.25, 0.3) is 5.91 Å². The van der Waals surface area contributed by atoms with E-state index in [1.807, 2.05) is 0 Å². The third-order valence-corrected chi connectivity index (χ3v) is 2.83. The Morgan fingerprint density at radius 1 is 1.21 bits per heavy atom. The maximum atomic E-state index is 12.8. The number of benzene rings is 1. The van der Waals surface area contributed by atoms with Crippen LogP contribution in [0.25, 0.3) is 0 Å². The number of halogens is 1. The van der Waals surface area contributed by atoms with Crippen molar-refractivity contribution in [3.63, 3.8) is 0 Å². The second kappa shape index (κ2) is 7.31. The second-order valence-electron chi connectivity index (χ2n) is 5.06. The molecule has 2 aromatic rings. The first-order valence-electron chi connectivity index (χ1n) is 6.96. The molecule has 0 aliphatic heterocycles. The summed E-state index contributed by atoms with van der Waals surface area (Å²) in [7, 11) is 0. The van der Waals surface area contributed by atoms with E-state index in [1.54, 1.807) is 13.8 Å². The van der Waals surface area contributed by atoms with Crippen LogP contribution in [0.15, 0.2) is 30.6 Å². The minimum absolute atomic E-state index is 0.0310. The Hall–Kier alpha value is -3.30. The first kappa shape index (κ1) is 17.1. The van der Waals surface area contributed by atoms with Gasteiger partial charge in [0.05, 0.1) is 4.92 Å². The van der Waals surface area contributed by atoms with Gasteiger partial charge in [0.2, 0.25) is 11.6 Å². The van der Waals surface area contributed by atoms with Crippen LogP contribution in [0.5, 0.6) is 0 Å². The van der Waals surface area contributed by atoms with Crippen molar-refractivity contribution in [2.75, 3.05) is 10.7 Å². The normalized spacial score (nSPS) is 10.3. The Bertz CT molecular complexity index is 751. The van der Waals surface area contributed by atoms with Gasteiger partial charge in [-0.05, 0) is 38.1 Å². The summed E-state index contributed by atoms with van der Waals surface area (Å²) in [5.74, 6) is -1.21. The van der Waals surface area contributed by atoms with Crippen LogP contribution < -0.4 is 16.2 Å². The maximum absolute atomic E-state index is 12.8. The van der Waals surface area contributed by atoms with E-state index in [1.165, 1.54) is 12.1 Å². The Kier molecular flexibility index (Phi) is 5.20. The highest BCUT2D eigenvalue weighted by Gasteiger charge is 2.23. The lowest BCUT2D eigenvalue weighted by atomic mass is 10.2. The highest BCUT2D eigenvalue weighted by molar-refractivity contribution is 5.95. The van der Waals surface area contributed by atoms with E-state index in [0.29, 0.717) is 0 Å². The first-order valence-corrected chi connectivity index (χ1v) is 6.96. The molecule has 0 bridgehead atoms. The van der Waals surface area contributed by atoms with Crippen LogP contribution in [0.1, 0.15) is 24.2 Å². The van der Waals surface area contributed by atoms with Gasteiger partial charge >= 0.3 is 5.69 Å². The molecule has 1 amide bonds. The molecule has 0 spiro atoms. The first-order chi connectivity index (χ1) is 11.4. The molecule has 3 N–H and O–H groups in total. The number of carbonyl (C=O) groups is 1. The van der Waals surface area contributed by atoms with E-state index in [-0.39, 0.29) is 23.2 Å². The topological polar surface area (TPSA) is 122 Å². The summed E-state index contributed by atoms with van der Waals surface area (Å²) in [4.78, 5) is 30.2. The van der Waals surface area contributed by atoms with Gasteiger partial charge in [0.15, 0.2) is 0 Å². The zero-order valence-electron chi connectivity index (χ0n) is 12.9. The minimum Gasteiger partial charge on any atom is -0.362 e. The number of hydrogen-bond donors (Lipinski definition) is 3. The lowest BCUT2D eigenvalue weighted by Crippen LogP contribution is -2.30. The van der Waals surface area contributed by atoms with Crippen molar-refractivity contribution in [1.29, 1.82) is 0 Å². The summed E-state index contributed by atoms with van der Waals surface area (Å²) >= 11 is 0. The van der Waals surface area contributed by atoms with Crippen molar-refractivity contribution < 1.29 is 14.1 Å². The predicted molar refractivity (Wildman–Crippen MR) is 84.9 cm³/mol. The standard InChI is InChI=1S/C14H15FN6O3/c1-8(2)18-12-11(21(23)24)13(17-7-16-12)19-20-14(22)9-3-5-10(15)6-4-9/h3-8H,1-2H3,(H,20,22)(H2,16,17,18,19). The van der Waals surface area contributed by atoms with E-state index >= 15 is 0 Å². The number of nitrogens with one attached hydrogen (secondary N) is 3. The van der Waals surface area contributed by atoms with E-state index in [0.717, 1.165) is 18.5 Å². The highest BCUT2D eigenvalue weighted by atomic mass is 19.1. The van der Waals surface area contributed by atoms with Crippen LogP contribution in [0.4, 0.5) is 21.7 Å². The number of nitrogens with zero attached hydrogens (tertiary/aromatic N) is 3. The van der Waals surface area contributed by atoms with Gasteiger partial charge in [0, 0.05) is 11.6 Å². The highest BCUT2D eigenvalue weighted by Crippen LogP contribution is 2.28. The lowest BCUT2D eigenvalue weighted by Gasteiger charge is -2.12. The zero-order valence-corrected chi connectivity index (χ0v) is 12.9. The zero-order chi connectivity index (χ0) is 17.7. The summed E-state index contributed by atoms with van der Waals surface area (Å²) in [6, 6.07) is 4.75. The number of rotatable bonds is 6. The van der Waals surface area contributed by atoms with Crippen molar-refractivity contribution >= 4 is 23.2 Å². The number of hydrazine groups is 1. The van der Waals surface area contributed by atoms with Gasteiger partial charge in [0.1, 0.15) is 12.1 Å². The Morgan fingerprint density at radius 3 is 2.42 bits per heavy atom. The van der Waals surface area contributed by atoms with Gasteiger partial charge in [-0.3, -0.25) is 25.8 Å². The van der Waals surface area contributed by atoms with Crippen molar-refractivity contribution in [2.24, 2.45) is 0 Å². The minimum atomic E-state index is -0.656. The summed E-state index contributed by atoms with van der Waals surface area (Å²) in [6.07, 6.45) is 1.13. The molecule has 0 unspecified atom stereocenters. The Balaban J connectivity index is 2.18. The lowest BCUT2D eigenvalue weighted by molar-refractivity contribution is -0.383. The molecule has 0 radical (unpaired) electrons. The van der Waals surface area contributed by atoms with Crippen LogP contribution in [0.2, 0.25) is 0 Å². The molecular weight excluding hydrogens is 319 g/mol. The average molecular weight is 334 g/mol. The van der Waals surface area contributed by atoms with Crippen LogP contribution >= 0.6 is 0 Å². The summed E-state index contributed by atoms with van der Waals surface area (Å²) < 4.78 is 12.8. The number of anilines is 2. The van der Waals surface area contributed by atoms with Gasteiger partial charge in [-0.15, -0.1) is 0 Å². The SMILES string of the molecule is CC(C)Nc1ncnc(NNC(=O)c2ccc(F)cc2)c1[N+](=O)[O-]. The molecule has 10 heteroatoms. The summed E-state index contributed by atoms with van der Waals surface area (Å²) in [5, 5.41) is 14.1. The Labute approximate surface area is 136 Å². The molecule has 0 saturated heterocycles. The molecule has 9 nitrogen and oxygen atoms in total. The van der Waals surface area contributed by atoms with Crippen molar-refractivity contribution in [3.8, 4) is 0 Å². The summed E-state index contributed by atoms with van der Waals surface area (Å²) in [5.41, 5.74) is 4.46. The van der Waals surface area contributed by atoms with Crippen LogP contribution in [0, 0.1) is 15.9 Å². The molecule has 0 atom stereocenters. The van der Waals surface area contributed by atoms with Gasteiger partial charge < -0.3 is 5.32 Å². The van der Waals surface area contributed by atoms with Crippen LogP contribution in [-0.2, 0) is 0 Å². The van der Waals surface area contributed by atoms with E-state index in [2.05, 4.69) is 26.1 Å². The quantitative estimate of drug-likeness (QED) is 0.546. The van der Waals surface area contributed by atoms with Crippen LogP contribution in [0.3, 0.4) is 0 Å². The molecule has 1 aromatic heterocycles. The number of hydrogen-bond acceptors (Lipinski definition) is 7. The van der Waals surface area contributed by atoms with E-state index in [4.69, 9.17) is 0 Å². The maximum Gasteiger partial charge on any atom is 0.354 e.